The summed E-state index contributed by atoms with van der Waals surface area (Å²) in [6.45, 7) is 1.66. The number of rotatable bonds is 5. The van der Waals surface area contributed by atoms with E-state index in [1.165, 1.54) is 0 Å². The lowest BCUT2D eigenvalue weighted by molar-refractivity contribution is 0.474. The molecule has 0 aliphatic carbocycles. The van der Waals surface area contributed by atoms with Crippen molar-refractivity contribution in [1.82, 2.24) is 9.55 Å². The average molecular weight is 229 g/mol. The Morgan fingerprint density at radius 1 is 1.35 bits per heavy atom. The standard InChI is InChI=1S/C13H15N3O/c17-13-5-2-1-4-12(13)10-14-6-3-8-16-9-7-15-11-16/h1-2,4-5,7,9-11,17H,3,6,8H2. The van der Waals surface area contributed by atoms with Gasteiger partial charge in [0.2, 0.25) is 0 Å². The number of hydrogen-bond acceptors (Lipinski definition) is 3. The van der Waals surface area contributed by atoms with Crippen molar-refractivity contribution in [2.45, 2.75) is 13.0 Å². The zero-order chi connectivity index (χ0) is 11.9. The lowest BCUT2D eigenvalue weighted by atomic mass is 10.2. The van der Waals surface area contributed by atoms with Crippen LogP contribution in [0.5, 0.6) is 5.75 Å². The molecule has 0 bridgehead atoms. The van der Waals surface area contributed by atoms with Gasteiger partial charge < -0.3 is 9.67 Å². The molecule has 0 aliphatic rings. The average Bonchev–Trinajstić information content (AvgIpc) is 2.84. The number of phenolic OH excluding ortho intramolecular Hbond substituents is 1. The molecule has 0 radical (unpaired) electrons. The monoisotopic (exact) mass is 229 g/mol. The van der Waals surface area contributed by atoms with Crippen LogP contribution in [0, 0.1) is 0 Å². The van der Waals surface area contributed by atoms with Crippen LogP contribution in [-0.2, 0) is 6.54 Å². The smallest absolute Gasteiger partial charge is 0.124 e. The molecule has 1 N–H and O–H groups in total. The number of aryl methyl sites for hydroxylation is 1. The van der Waals surface area contributed by atoms with Crippen LogP contribution < -0.4 is 0 Å². The van der Waals surface area contributed by atoms with Gasteiger partial charge in [-0.1, -0.05) is 12.1 Å². The predicted molar refractivity (Wildman–Crippen MR) is 67.4 cm³/mol. The SMILES string of the molecule is Oc1ccccc1C=NCCCn1ccnc1. The Balaban J connectivity index is 1.77. The Morgan fingerprint density at radius 2 is 2.24 bits per heavy atom. The highest BCUT2D eigenvalue weighted by molar-refractivity contribution is 5.83. The fourth-order valence-corrected chi connectivity index (χ4v) is 1.52. The van der Waals surface area contributed by atoms with Gasteiger partial charge in [-0.05, 0) is 18.6 Å². The number of hydrogen-bond donors (Lipinski definition) is 1. The Hall–Kier alpha value is -2.10. The second-order valence-electron chi connectivity index (χ2n) is 3.75. The second-order valence-corrected chi connectivity index (χ2v) is 3.75. The zero-order valence-electron chi connectivity index (χ0n) is 9.53. The van der Waals surface area contributed by atoms with Crippen molar-refractivity contribution in [3.05, 3.63) is 48.5 Å². The van der Waals surface area contributed by atoms with Gasteiger partial charge >= 0.3 is 0 Å². The van der Waals surface area contributed by atoms with Crippen molar-refractivity contribution in [2.24, 2.45) is 4.99 Å². The molecule has 0 unspecified atom stereocenters. The summed E-state index contributed by atoms with van der Waals surface area (Å²) in [5.74, 6) is 0.269. The van der Waals surface area contributed by atoms with Crippen LogP contribution in [0.25, 0.3) is 0 Å². The first-order valence-electron chi connectivity index (χ1n) is 5.60. The van der Waals surface area contributed by atoms with Crippen molar-refractivity contribution in [3.63, 3.8) is 0 Å². The van der Waals surface area contributed by atoms with Crippen LogP contribution in [-0.4, -0.2) is 27.4 Å². The molecule has 0 saturated carbocycles. The third-order valence-electron chi connectivity index (χ3n) is 2.43. The summed E-state index contributed by atoms with van der Waals surface area (Å²) in [5, 5.41) is 9.51. The number of benzene rings is 1. The van der Waals surface area contributed by atoms with Gasteiger partial charge in [-0.15, -0.1) is 0 Å². The van der Waals surface area contributed by atoms with E-state index < -0.39 is 0 Å². The molecule has 0 atom stereocenters. The van der Waals surface area contributed by atoms with Crippen LogP contribution in [0.2, 0.25) is 0 Å². The van der Waals surface area contributed by atoms with E-state index in [2.05, 4.69) is 9.98 Å². The number of para-hydroxylation sites is 1. The first-order valence-corrected chi connectivity index (χ1v) is 5.60. The largest absolute Gasteiger partial charge is 0.507 e. The quantitative estimate of drug-likeness (QED) is 0.630. The maximum absolute atomic E-state index is 9.51. The number of aliphatic imine (C=N–C) groups is 1. The van der Waals surface area contributed by atoms with Gasteiger partial charge in [0, 0.05) is 37.3 Å². The van der Waals surface area contributed by atoms with Crippen LogP contribution in [0.1, 0.15) is 12.0 Å². The van der Waals surface area contributed by atoms with Crippen molar-refractivity contribution in [2.75, 3.05) is 6.54 Å². The molecule has 0 aliphatic heterocycles. The molecule has 1 heterocycles. The first-order chi connectivity index (χ1) is 8.36. The number of aromatic nitrogens is 2. The summed E-state index contributed by atoms with van der Waals surface area (Å²) in [4.78, 5) is 8.25. The molecule has 88 valence electrons. The molecular weight excluding hydrogens is 214 g/mol. The maximum Gasteiger partial charge on any atom is 0.124 e. The highest BCUT2D eigenvalue weighted by Gasteiger charge is 1.94. The maximum atomic E-state index is 9.51. The number of phenols is 1. The Bertz CT molecular complexity index is 477. The van der Waals surface area contributed by atoms with E-state index in [-0.39, 0.29) is 5.75 Å². The summed E-state index contributed by atoms with van der Waals surface area (Å²) in [6, 6.07) is 7.18. The third-order valence-corrected chi connectivity index (χ3v) is 2.43. The molecule has 0 saturated heterocycles. The van der Waals surface area contributed by atoms with Crippen LogP contribution in [0.15, 0.2) is 48.0 Å². The summed E-state index contributed by atoms with van der Waals surface area (Å²) < 4.78 is 2.02. The molecule has 1 aromatic carbocycles. The van der Waals surface area contributed by atoms with Gasteiger partial charge in [0.1, 0.15) is 5.75 Å². The molecule has 0 amide bonds. The third kappa shape index (κ3) is 3.45. The molecule has 17 heavy (non-hydrogen) atoms. The molecule has 2 rings (SSSR count). The van der Waals surface area contributed by atoms with E-state index >= 15 is 0 Å². The van der Waals surface area contributed by atoms with Gasteiger partial charge in [-0.25, -0.2) is 4.98 Å². The van der Waals surface area contributed by atoms with E-state index in [4.69, 9.17) is 0 Å². The van der Waals surface area contributed by atoms with Gasteiger partial charge in [0.25, 0.3) is 0 Å². The van der Waals surface area contributed by atoms with Crippen molar-refractivity contribution >= 4 is 6.21 Å². The Morgan fingerprint density at radius 3 is 3.00 bits per heavy atom. The summed E-state index contributed by atoms with van der Waals surface area (Å²) in [5.41, 5.74) is 0.759. The fraction of sp³-hybridized carbons (Fsp3) is 0.231. The van der Waals surface area contributed by atoms with E-state index in [0.717, 1.165) is 25.1 Å². The van der Waals surface area contributed by atoms with Crippen LogP contribution in [0.4, 0.5) is 0 Å². The topological polar surface area (TPSA) is 50.4 Å². The fourth-order valence-electron chi connectivity index (χ4n) is 1.52. The zero-order valence-corrected chi connectivity index (χ0v) is 9.53. The van der Waals surface area contributed by atoms with E-state index in [9.17, 15) is 5.11 Å². The van der Waals surface area contributed by atoms with Gasteiger partial charge in [0.05, 0.1) is 6.33 Å². The minimum absolute atomic E-state index is 0.269. The molecule has 0 spiro atoms. The predicted octanol–water partition coefficient (Wildman–Crippen LogP) is 2.10. The van der Waals surface area contributed by atoms with Gasteiger partial charge in [0.15, 0.2) is 0 Å². The summed E-state index contributed by atoms with van der Waals surface area (Å²) in [7, 11) is 0. The Labute approximate surface area is 100 Å². The van der Waals surface area contributed by atoms with E-state index in [0.29, 0.717) is 0 Å². The number of nitrogens with zero attached hydrogens (tertiary/aromatic N) is 3. The molecule has 2 aromatic rings. The van der Waals surface area contributed by atoms with Crippen molar-refractivity contribution < 1.29 is 5.11 Å². The van der Waals surface area contributed by atoms with Gasteiger partial charge in [-0.2, -0.15) is 0 Å². The van der Waals surface area contributed by atoms with E-state index in [1.54, 1.807) is 30.9 Å². The highest BCUT2D eigenvalue weighted by atomic mass is 16.3. The normalized spacial score (nSPS) is 11.1. The summed E-state index contributed by atoms with van der Waals surface area (Å²) in [6.07, 6.45) is 8.18. The first kappa shape index (κ1) is 11.4. The molecule has 4 nitrogen and oxygen atoms in total. The molecule has 4 heteroatoms. The second kappa shape index (κ2) is 5.84. The lowest BCUT2D eigenvalue weighted by Gasteiger charge is -1.99. The van der Waals surface area contributed by atoms with Crippen molar-refractivity contribution in [1.29, 1.82) is 0 Å². The van der Waals surface area contributed by atoms with Crippen LogP contribution in [0.3, 0.4) is 0 Å². The molecule has 1 aromatic heterocycles. The molecular formula is C13H15N3O. The minimum Gasteiger partial charge on any atom is -0.507 e. The number of imidazole rings is 1. The molecule has 0 fully saturated rings. The van der Waals surface area contributed by atoms with Gasteiger partial charge in [-0.3, -0.25) is 4.99 Å². The Kier molecular flexibility index (Phi) is 3.91. The van der Waals surface area contributed by atoms with Crippen molar-refractivity contribution in [3.8, 4) is 5.75 Å². The van der Waals surface area contributed by atoms with E-state index in [1.807, 2.05) is 22.9 Å². The lowest BCUT2D eigenvalue weighted by Crippen LogP contribution is -1.96. The number of aromatic hydroxyl groups is 1. The highest BCUT2D eigenvalue weighted by Crippen LogP contribution is 2.12. The van der Waals surface area contributed by atoms with Crippen LogP contribution >= 0.6 is 0 Å². The minimum atomic E-state index is 0.269. The summed E-state index contributed by atoms with van der Waals surface area (Å²) >= 11 is 0.